The third-order valence-electron chi connectivity index (χ3n) is 10.4. The summed E-state index contributed by atoms with van der Waals surface area (Å²) >= 11 is 4.24. The summed E-state index contributed by atoms with van der Waals surface area (Å²) in [6.07, 6.45) is 4.79. The molecule has 1 amide bonds. The van der Waals surface area contributed by atoms with Crippen LogP contribution in [0, 0.1) is 0 Å². The zero-order valence-electron chi connectivity index (χ0n) is 36.9. The van der Waals surface area contributed by atoms with Crippen molar-refractivity contribution >= 4 is 84.6 Å². The van der Waals surface area contributed by atoms with Crippen molar-refractivity contribution in [2.75, 3.05) is 50.3 Å². The highest BCUT2D eigenvalue weighted by atomic mass is 128. The van der Waals surface area contributed by atoms with Gasteiger partial charge in [0.05, 0.1) is 59.6 Å². The Morgan fingerprint density at radius 2 is 1.22 bits per heavy atom. The van der Waals surface area contributed by atoms with Crippen LogP contribution < -0.4 is 14.8 Å². The molecule has 6 heterocycles. The van der Waals surface area contributed by atoms with Gasteiger partial charge in [0.15, 0.2) is 0 Å². The first-order valence-corrected chi connectivity index (χ1v) is 31.7. The minimum atomic E-state index is -5.15. The summed E-state index contributed by atoms with van der Waals surface area (Å²) in [5.74, 6) is 0.0189. The number of furan rings is 2. The van der Waals surface area contributed by atoms with E-state index < -0.39 is 56.9 Å². The lowest BCUT2D eigenvalue weighted by Crippen LogP contribution is -2.42. The van der Waals surface area contributed by atoms with Crippen LogP contribution >= 0.6 is 37.2 Å². The van der Waals surface area contributed by atoms with Gasteiger partial charge in [-0.3, -0.25) is 4.79 Å². The SMILES string of the molecule is C.CS(=O)(=O)CCN(Cc1ccc(-c2ccc3ncnc(OC4CCCCO4)c3c2)o1)C(=O)C(F)(F)F.CS(=O)(=O)CCNCc1ccc(-c2ccc3ncnc(OC4CCCCO4)c3c2)o1.II. The number of nitrogens with zero attached hydrogens (tertiary/aromatic N) is 5. The molecule has 0 aliphatic carbocycles. The summed E-state index contributed by atoms with van der Waals surface area (Å²) in [5, 5.41) is 4.48. The quantitative estimate of drug-likeness (QED) is 0.0706. The maximum Gasteiger partial charge on any atom is 0.471 e. The highest BCUT2D eigenvalue weighted by Gasteiger charge is 2.43. The van der Waals surface area contributed by atoms with Crippen molar-refractivity contribution < 1.29 is 62.6 Å². The number of hydrogen-bond donors (Lipinski definition) is 1. The normalized spacial score (nSPS) is 16.3. The highest BCUT2D eigenvalue weighted by Crippen LogP contribution is 2.33. The van der Waals surface area contributed by atoms with Gasteiger partial charge in [0.1, 0.15) is 55.4 Å². The molecular weight excluding hydrogens is 1180 g/mol. The predicted octanol–water partition coefficient (Wildman–Crippen LogP) is 9.07. The molecule has 1 N–H and O–H groups in total. The number of carbonyl (C=O) groups is 1. The second-order valence-electron chi connectivity index (χ2n) is 15.8. The minimum Gasteiger partial charge on any atom is -0.460 e. The number of sulfone groups is 2. The Balaban J connectivity index is 0.000000249. The van der Waals surface area contributed by atoms with Crippen molar-refractivity contribution in [3.8, 4) is 34.4 Å². The van der Waals surface area contributed by atoms with E-state index in [9.17, 15) is 34.8 Å². The number of ether oxygens (including phenoxy) is 4. The zero-order valence-corrected chi connectivity index (χ0v) is 42.9. The third-order valence-corrected chi connectivity index (χ3v) is 12.3. The fourth-order valence-electron chi connectivity index (χ4n) is 7.03. The number of rotatable bonds is 16. The van der Waals surface area contributed by atoms with E-state index in [2.05, 4.69) is 62.5 Å². The summed E-state index contributed by atoms with van der Waals surface area (Å²) < 4.78 is 119. The van der Waals surface area contributed by atoms with E-state index in [0.717, 1.165) is 67.0 Å². The molecule has 2 aromatic carbocycles. The van der Waals surface area contributed by atoms with E-state index in [1.165, 1.54) is 25.0 Å². The van der Waals surface area contributed by atoms with E-state index in [1.54, 1.807) is 24.3 Å². The molecule has 2 saturated heterocycles. The van der Waals surface area contributed by atoms with E-state index >= 15 is 0 Å². The lowest BCUT2D eigenvalue weighted by Gasteiger charge is -2.23. The number of aromatic nitrogens is 4. The largest absolute Gasteiger partial charge is 0.471 e. The molecular formula is C45H53F3I2N6O11S2. The Morgan fingerprint density at radius 3 is 1.68 bits per heavy atom. The topological polar surface area (TPSA) is 215 Å². The molecule has 376 valence electrons. The van der Waals surface area contributed by atoms with Crippen LogP contribution in [0.4, 0.5) is 13.2 Å². The second-order valence-corrected chi connectivity index (χ2v) is 20.4. The van der Waals surface area contributed by atoms with Gasteiger partial charge in [-0.1, -0.05) is 7.43 Å². The molecule has 0 saturated carbocycles. The van der Waals surface area contributed by atoms with Gasteiger partial charge in [-0.2, -0.15) is 13.2 Å². The molecule has 2 aliphatic heterocycles. The Morgan fingerprint density at radius 1 is 0.725 bits per heavy atom. The van der Waals surface area contributed by atoms with Crippen LogP contribution in [0.1, 0.15) is 57.5 Å². The molecule has 24 heteroatoms. The monoisotopic (exact) mass is 1230 g/mol. The van der Waals surface area contributed by atoms with Gasteiger partial charge in [-0.25, -0.2) is 36.8 Å². The van der Waals surface area contributed by atoms with Crippen molar-refractivity contribution in [3.63, 3.8) is 0 Å². The van der Waals surface area contributed by atoms with E-state index in [4.69, 9.17) is 27.8 Å². The van der Waals surface area contributed by atoms with Crippen molar-refractivity contribution in [3.05, 3.63) is 84.8 Å². The molecule has 2 unspecified atom stereocenters. The summed E-state index contributed by atoms with van der Waals surface area (Å²) in [6.45, 7) is 0.979. The minimum absolute atomic E-state index is 0. The number of fused-ring (bicyclic) bond motifs is 2. The Labute approximate surface area is 421 Å². The molecule has 2 aliphatic rings. The van der Waals surface area contributed by atoms with Crippen molar-refractivity contribution in [1.29, 1.82) is 0 Å². The van der Waals surface area contributed by atoms with Gasteiger partial charge >= 0.3 is 12.1 Å². The van der Waals surface area contributed by atoms with Crippen LogP contribution in [0.2, 0.25) is 0 Å². The first kappa shape index (κ1) is 55.7. The lowest BCUT2D eigenvalue weighted by atomic mass is 10.1. The molecule has 69 heavy (non-hydrogen) atoms. The van der Waals surface area contributed by atoms with Gasteiger partial charge in [-0.05, 0) is 86.3 Å². The Kier molecular flexibility index (Phi) is 20.8. The van der Waals surface area contributed by atoms with Crippen molar-refractivity contribution in [2.24, 2.45) is 0 Å². The first-order chi connectivity index (χ1) is 32.5. The fraction of sp³-hybridized carbons (Fsp3) is 0.444. The molecule has 4 aromatic heterocycles. The number of alkyl halides is 3. The number of carbonyl (C=O) groups excluding carboxylic acids is 1. The van der Waals surface area contributed by atoms with E-state index in [-0.39, 0.29) is 25.2 Å². The van der Waals surface area contributed by atoms with Gasteiger partial charge in [0.25, 0.3) is 0 Å². The van der Waals surface area contributed by atoms with Crippen molar-refractivity contribution in [2.45, 2.75) is 77.8 Å². The molecule has 0 spiro atoms. The summed E-state index contributed by atoms with van der Waals surface area (Å²) in [6, 6.07) is 17.7. The Bertz CT molecular complexity index is 2840. The molecule has 0 radical (unpaired) electrons. The molecule has 0 bridgehead atoms. The van der Waals surface area contributed by atoms with Crippen LogP contribution in [0.5, 0.6) is 11.8 Å². The molecule has 6 aromatic rings. The standard InChI is InChI=1S/C23H24F3N3O6S.C21H25N3O5S.CH4.I2/c1-36(31,32)11-9-29(22(30)23(24,25)26)13-16-6-8-19(34-16)15-5-7-18-17(12-15)21(28-14-27-18)35-20-4-2-3-10-33-20;1-30(25,26)11-9-22-13-16-6-8-19(28-16)15-5-7-18-17(12-15)21(24-14-23-18)29-20-4-2-3-10-27-20;;1-2/h5-8,12,14,20H,2-4,9-11,13H2,1H3;5-8,12,14,20,22H,2-4,9-11,13H2,1H3;1H4;. The number of benzene rings is 2. The van der Waals surface area contributed by atoms with Gasteiger partial charge in [0, 0.05) is 86.8 Å². The summed E-state index contributed by atoms with van der Waals surface area (Å²) in [7, 11) is -6.57. The maximum atomic E-state index is 13.0. The summed E-state index contributed by atoms with van der Waals surface area (Å²) in [4.78, 5) is 29.3. The molecule has 17 nitrogen and oxygen atoms in total. The van der Waals surface area contributed by atoms with Gasteiger partial charge in [-0.15, -0.1) is 0 Å². The van der Waals surface area contributed by atoms with Crippen LogP contribution in [0.3, 0.4) is 0 Å². The maximum absolute atomic E-state index is 13.0. The number of amides is 1. The average Bonchev–Trinajstić information content (AvgIpc) is 4.00. The van der Waals surface area contributed by atoms with E-state index in [1.807, 2.05) is 30.3 Å². The average molecular weight is 1230 g/mol. The molecule has 8 rings (SSSR count). The van der Waals surface area contributed by atoms with Crippen LogP contribution in [0.15, 0.2) is 82.2 Å². The van der Waals surface area contributed by atoms with Gasteiger partial charge in [0.2, 0.25) is 24.3 Å². The first-order valence-electron chi connectivity index (χ1n) is 21.3. The molecule has 2 fully saturated rings. The lowest BCUT2D eigenvalue weighted by molar-refractivity contribution is -0.186. The van der Waals surface area contributed by atoms with Crippen LogP contribution in [-0.2, 0) is 47.0 Å². The zero-order chi connectivity index (χ0) is 48.9. The van der Waals surface area contributed by atoms with Crippen LogP contribution in [0.25, 0.3) is 44.5 Å². The van der Waals surface area contributed by atoms with Gasteiger partial charge < -0.3 is 38.0 Å². The predicted molar refractivity (Wildman–Crippen MR) is 270 cm³/mol. The highest BCUT2D eigenvalue weighted by molar-refractivity contribution is 15.0. The third kappa shape index (κ3) is 17.0. The van der Waals surface area contributed by atoms with E-state index in [0.29, 0.717) is 71.0 Å². The smallest absolute Gasteiger partial charge is 0.460 e. The molecule has 2 atom stereocenters. The number of halogens is 5. The number of nitrogens with one attached hydrogen (secondary N) is 1. The Hall–Kier alpha value is -4.22. The van der Waals surface area contributed by atoms with Crippen LogP contribution in [-0.4, -0.2) is 117 Å². The van der Waals surface area contributed by atoms with Crippen molar-refractivity contribution in [1.82, 2.24) is 30.2 Å². The second kappa shape index (κ2) is 25.8. The fourth-order valence-corrected chi connectivity index (χ4v) is 8.10. The summed E-state index contributed by atoms with van der Waals surface area (Å²) in [5.41, 5.74) is 2.87. The number of hydrogen-bond acceptors (Lipinski definition) is 16.